The number of nitrogens with zero attached hydrogens (tertiary/aromatic N) is 3. The molecule has 6 nitrogen and oxygen atoms in total. The van der Waals surface area contributed by atoms with Crippen molar-refractivity contribution in [2.45, 2.75) is 19.1 Å². The molecule has 0 aromatic carbocycles. The van der Waals surface area contributed by atoms with Crippen molar-refractivity contribution in [3.8, 4) is 0 Å². The predicted octanol–water partition coefficient (Wildman–Crippen LogP) is 0.947. The second-order valence-corrected chi connectivity index (χ2v) is 3.45. The molecule has 1 heterocycles. The molecule has 9 heteroatoms. The van der Waals surface area contributed by atoms with E-state index in [4.69, 9.17) is 10.9 Å². The molecule has 1 aromatic rings. The summed E-state index contributed by atoms with van der Waals surface area (Å²) in [5, 5.41) is 11.3. The fraction of sp³-hybridized carbons (Fsp3) is 0.556. The largest absolute Gasteiger partial charge is 0.411 e. The number of alkyl halides is 3. The zero-order valence-electron chi connectivity index (χ0n) is 9.39. The van der Waals surface area contributed by atoms with Crippen molar-refractivity contribution in [3.63, 3.8) is 0 Å². The highest BCUT2D eigenvalue weighted by Crippen LogP contribution is 2.14. The Balaban J connectivity index is 2.34. The molecule has 0 aliphatic rings. The summed E-state index contributed by atoms with van der Waals surface area (Å²) in [6, 6.07) is 0. The van der Waals surface area contributed by atoms with Gasteiger partial charge in [0.05, 0.1) is 0 Å². The highest BCUT2D eigenvalue weighted by Gasteiger charge is 2.27. The van der Waals surface area contributed by atoms with Crippen LogP contribution in [-0.4, -0.2) is 40.0 Å². The molecule has 102 valence electrons. The average molecular weight is 266 g/mol. The van der Waals surface area contributed by atoms with Crippen LogP contribution in [0, 0.1) is 0 Å². The van der Waals surface area contributed by atoms with Crippen LogP contribution >= 0.6 is 0 Å². The molecule has 0 saturated carbocycles. The molecule has 18 heavy (non-hydrogen) atoms. The van der Waals surface area contributed by atoms with Gasteiger partial charge in [-0.25, -0.2) is 4.98 Å². The van der Waals surface area contributed by atoms with Crippen LogP contribution in [0.2, 0.25) is 0 Å². The Hall–Kier alpha value is -1.77. The SMILES string of the molecule is NC(=NO)c1nccn1CCCOCC(F)(F)F. The number of halogens is 3. The third kappa shape index (κ3) is 4.62. The first kappa shape index (κ1) is 14.3. The molecule has 3 N–H and O–H groups in total. The van der Waals surface area contributed by atoms with E-state index in [9.17, 15) is 13.2 Å². The Morgan fingerprint density at radius 3 is 2.89 bits per heavy atom. The van der Waals surface area contributed by atoms with E-state index < -0.39 is 12.8 Å². The lowest BCUT2D eigenvalue weighted by atomic mass is 10.4. The van der Waals surface area contributed by atoms with Crippen LogP contribution < -0.4 is 5.73 Å². The van der Waals surface area contributed by atoms with Crippen molar-refractivity contribution in [1.29, 1.82) is 0 Å². The lowest BCUT2D eigenvalue weighted by molar-refractivity contribution is -0.174. The Labute approximate surface area is 101 Å². The number of hydrogen-bond donors (Lipinski definition) is 2. The Bertz CT molecular complexity index is 403. The molecule has 0 bridgehead atoms. The van der Waals surface area contributed by atoms with Gasteiger partial charge in [-0.05, 0) is 6.42 Å². The van der Waals surface area contributed by atoms with Crippen molar-refractivity contribution in [2.75, 3.05) is 13.2 Å². The normalized spacial score (nSPS) is 12.9. The summed E-state index contributed by atoms with van der Waals surface area (Å²) in [6.07, 6.45) is -0.923. The van der Waals surface area contributed by atoms with E-state index in [0.29, 0.717) is 13.0 Å². The molecule has 0 atom stereocenters. The molecule has 0 unspecified atom stereocenters. The fourth-order valence-corrected chi connectivity index (χ4v) is 1.29. The number of aryl methyl sites for hydroxylation is 1. The van der Waals surface area contributed by atoms with Crippen LogP contribution in [-0.2, 0) is 11.3 Å². The van der Waals surface area contributed by atoms with Crippen molar-refractivity contribution in [1.82, 2.24) is 9.55 Å². The number of rotatable bonds is 6. The molecule has 1 rings (SSSR count). The van der Waals surface area contributed by atoms with Gasteiger partial charge in [0.15, 0.2) is 5.82 Å². The molecule has 0 saturated heterocycles. The molecule has 0 spiro atoms. The number of aromatic nitrogens is 2. The van der Waals surface area contributed by atoms with Gasteiger partial charge in [0.25, 0.3) is 0 Å². The monoisotopic (exact) mass is 266 g/mol. The lowest BCUT2D eigenvalue weighted by Gasteiger charge is -2.09. The Morgan fingerprint density at radius 1 is 1.56 bits per heavy atom. The molecule has 0 aliphatic heterocycles. The standard InChI is InChI=1S/C9H13F3N4O2/c10-9(11,12)6-18-5-1-3-16-4-2-14-8(16)7(13)15-17/h2,4,17H,1,3,5-6H2,(H2,13,15). The summed E-state index contributed by atoms with van der Waals surface area (Å²) < 4.78 is 41.3. The summed E-state index contributed by atoms with van der Waals surface area (Å²) >= 11 is 0. The summed E-state index contributed by atoms with van der Waals surface area (Å²) in [4.78, 5) is 3.85. The van der Waals surface area contributed by atoms with Gasteiger partial charge in [-0.1, -0.05) is 5.16 Å². The molecule has 0 aliphatic carbocycles. The van der Waals surface area contributed by atoms with Crippen LogP contribution in [0.15, 0.2) is 17.5 Å². The van der Waals surface area contributed by atoms with Gasteiger partial charge in [0.2, 0.25) is 5.84 Å². The minimum Gasteiger partial charge on any atom is -0.409 e. The zero-order chi connectivity index (χ0) is 13.6. The number of imidazole rings is 1. The molecular weight excluding hydrogens is 253 g/mol. The minimum atomic E-state index is -4.31. The third-order valence-corrected chi connectivity index (χ3v) is 2.01. The molecule has 0 radical (unpaired) electrons. The Morgan fingerprint density at radius 2 is 2.28 bits per heavy atom. The predicted molar refractivity (Wildman–Crippen MR) is 56.2 cm³/mol. The van der Waals surface area contributed by atoms with Crippen molar-refractivity contribution in [2.24, 2.45) is 10.9 Å². The van der Waals surface area contributed by atoms with Gasteiger partial charge in [-0.15, -0.1) is 0 Å². The van der Waals surface area contributed by atoms with Crippen LogP contribution in [0.4, 0.5) is 13.2 Å². The lowest BCUT2D eigenvalue weighted by Crippen LogP contribution is -2.21. The van der Waals surface area contributed by atoms with Gasteiger partial charge < -0.3 is 20.2 Å². The topological polar surface area (TPSA) is 85.7 Å². The first-order valence-corrected chi connectivity index (χ1v) is 5.07. The summed E-state index contributed by atoms with van der Waals surface area (Å²) in [7, 11) is 0. The molecule has 1 aromatic heterocycles. The van der Waals surface area contributed by atoms with Crippen LogP contribution in [0.1, 0.15) is 12.2 Å². The summed E-state index contributed by atoms with van der Waals surface area (Å²) in [5.41, 5.74) is 5.36. The fourth-order valence-electron chi connectivity index (χ4n) is 1.29. The maximum absolute atomic E-state index is 11.8. The van der Waals surface area contributed by atoms with Gasteiger partial charge in [0.1, 0.15) is 6.61 Å². The van der Waals surface area contributed by atoms with Gasteiger partial charge in [-0.3, -0.25) is 0 Å². The number of ether oxygens (including phenoxy) is 1. The van der Waals surface area contributed by atoms with Crippen LogP contribution in [0.25, 0.3) is 0 Å². The molecule has 0 fully saturated rings. The van der Waals surface area contributed by atoms with Crippen LogP contribution in [0.5, 0.6) is 0 Å². The Kier molecular flexibility index (Phi) is 4.95. The first-order chi connectivity index (χ1) is 8.44. The van der Waals surface area contributed by atoms with Gasteiger partial charge in [0, 0.05) is 25.5 Å². The maximum Gasteiger partial charge on any atom is 0.411 e. The zero-order valence-corrected chi connectivity index (χ0v) is 9.39. The number of nitrogens with two attached hydrogens (primary N) is 1. The minimum absolute atomic E-state index is 0.0344. The summed E-state index contributed by atoms with van der Waals surface area (Å²) in [5.74, 6) is 0.101. The average Bonchev–Trinajstić information content (AvgIpc) is 2.74. The number of oxime groups is 1. The smallest absolute Gasteiger partial charge is 0.409 e. The van der Waals surface area contributed by atoms with E-state index in [1.807, 2.05) is 0 Å². The highest BCUT2D eigenvalue weighted by atomic mass is 19.4. The molecule has 0 amide bonds. The third-order valence-electron chi connectivity index (χ3n) is 2.01. The van der Waals surface area contributed by atoms with Crippen molar-refractivity contribution in [3.05, 3.63) is 18.2 Å². The van der Waals surface area contributed by atoms with E-state index in [2.05, 4.69) is 14.9 Å². The second-order valence-electron chi connectivity index (χ2n) is 3.45. The maximum atomic E-state index is 11.8. The molecular formula is C9H13F3N4O2. The van der Waals surface area contributed by atoms with E-state index in [0.717, 1.165) is 0 Å². The van der Waals surface area contributed by atoms with E-state index in [-0.39, 0.29) is 18.3 Å². The van der Waals surface area contributed by atoms with Gasteiger partial charge >= 0.3 is 6.18 Å². The van der Waals surface area contributed by atoms with Gasteiger partial charge in [-0.2, -0.15) is 13.2 Å². The van der Waals surface area contributed by atoms with E-state index in [1.54, 1.807) is 10.8 Å². The van der Waals surface area contributed by atoms with Crippen molar-refractivity contribution < 1.29 is 23.1 Å². The number of amidine groups is 1. The van der Waals surface area contributed by atoms with E-state index in [1.165, 1.54) is 6.20 Å². The number of hydrogen-bond acceptors (Lipinski definition) is 4. The quantitative estimate of drug-likeness (QED) is 0.264. The van der Waals surface area contributed by atoms with E-state index >= 15 is 0 Å². The van der Waals surface area contributed by atoms with Crippen LogP contribution in [0.3, 0.4) is 0 Å². The first-order valence-electron chi connectivity index (χ1n) is 5.07. The summed E-state index contributed by atoms with van der Waals surface area (Å²) in [6.45, 7) is -0.930. The van der Waals surface area contributed by atoms with Crippen molar-refractivity contribution >= 4 is 5.84 Å². The highest BCUT2D eigenvalue weighted by molar-refractivity contribution is 5.93. The second kappa shape index (κ2) is 6.24.